The quantitative estimate of drug-likeness (QED) is 0.464. The Morgan fingerprint density at radius 1 is 0.938 bits per heavy atom. The maximum absolute atomic E-state index is 13.3. The molecular formula is C21H15F6N3O2. The number of hydrogen-bond acceptors (Lipinski definition) is 3. The Hall–Kier alpha value is -3.55. The highest BCUT2D eigenvalue weighted by Crippen LogP contribution is 2.38. The first-order valence-electron chi connectivity index (χ1n) is 9.11. The van der Waals surface area contributed by atoms with Crippen LogP contribution >= 0.6 is 0 Å². The summed E-state index contributed by atoms with van der Waals surface area (Å²) >= 11 is 0. The van der Waals surface area contributed by atoms with Gasteiger partial charge in [0.1, 0.15) is 5.54 Å². The standard InChI is InChI=1S/C21H15F6N3O2/c1-19(2)17(31)30(15-8-5-13(10-28)16(9-15)21(25,26)27)18(32)29(19)11-12-3-6-14(7-4-12)20(22,23)24/h3-9H,11H2,1-2H3. The first kappa shape index (κ1) is 23.1. The molecule has 5 nitrogen and oxygen atoms in total. The molecule has 3 rings (SSSR count). The van der Waals surface area contributed by atoms with Crippen LogP contribution in [0.3, 0.4) is 0 Å². The largest absolute Gasteiger partial charge is 0.417 e. The van der Waals surface area contributed by atoms with Gasteiger partial charge in [-0.1, -0.05) is 12.1 Å². The Morgan fingerprint density at radius 3 is 2.03 bits per heavy atom. The molecule has 0 bridgehead atoms. The second-order valence-electron chi connectivity index (χ2n) is 7.60. The Kier molecular flexibility index (Phi) is 5.45. The van der Waals surface area contributed by atoms with Gasteiger partial charge in [0.2, 0.25) is 0 Å². The number of carbonyl (C=O) groups excluding carboxylic acids is 2. The van der Waals surface area contributed by atoms with Gasteiger partial charge < -0.3 is 4.90 Å². The minimum Gasteiger partial charge on any atom is -0.305 e. The predicted molar refractivity (Wildman–Crippen MR) is 100 cm³/mol. The fraction of sp³-hybridized carbons (Fsp3) is 0.286. The molecule has 0 unspecified atom stereocenters. The van der Waals surface area contributed by atoms with Crippen molar-refractivity contribution in [2.75, 3.05) is 4.90 Å². The predicted octanol–water partition coefficient (Wildman–Crippen LogP) is 5.34. The summed E-state index contributed by atoms with van der Waals surface area (Å²) in [6.07, 6.45) is -9.43. The van der Waals surface area contributed by atoms with E-state index in [1.54, 1.807) is 0 Å². The normalized spacial score (nSPS) is 16.5. The molecule has 2 aromatic rings. The molecule has 11 heteroatoms. The van der Waals surface area contributed by atoms with Crippen molar-refractivity contribution >= 4 is 17.6 Å². The summed E-state index contributed by atoms with van der Waals surface area (Å²) in [5, 5.41) is 8.92. The highest BCUT2D eigenvalue weighted by atomic mass is 19.4. The summed E-state index contributed by atoms with van der Waals surface area (Å²) in [6.45, 7) is 2.52. The number of carbonyl (C=O) groups is 2. The number of benzene rings is 2. The van der Waals surface area contributed by atoms with Crippen LogP contribution in [0, 0.1) is 11.3 Å². The number of amides is 3. The molecular weight excluding hydrogens is 440 g/mol. The van der Waals surface area contributed by atoms with Crippen molar-refractivity contribution in [3.8, 4) is 6.07 Å². The van der Waals surface area contributed by atoms with Gasteiger partial charge in [0.05, 0.1) is 28.4 Å². The molecule has 3 amide bonds. The maximum atomic E-state index is 13.3. The van der Waals surface area contributed by atoms with Crippen LogP contribution in [0.1, 0.15) is 36.1 Å². The molecule has 1 heterocycles. The minimum absolute atomic E-state index is 0.241. The molecule has 0 spiro atoms. The van der Waals surface area contributed by atoms with Crippen LogP contribution in [0.2, 0.25) is 0 Å². The lowest BCUT2D eigenvalue weighted by molar-refractivity contribution is -0.138. The van der Waals surface area contributed by atoms with Gasteiger partial charge in [-0.2, -0.15) is 31.6 Å². The summed E-state index contributed by atoms with van der Waals surface area (Å²) in [4.78, 5) is 27.5. The van der Waals surface area contributed by atoms with Crippen LogP contribution in [0.25, 0.3) is 0 Å². The second-order valence-corrected chi connectivity index (χ2v) is 7.60. The molecule has 1 fully saturated rings. The van der Waals surface area contributed by atoms with Crippen molar-refractivity contribution in [3.05, 3.63) is 64.7 Å². The van der Waals surface area contributed by atoms with Gasteiger partial charge in [0.25, 0.3) is 5.91 Å². The number of nitriles is 1. The topological polar surface area (TPSA) is 64.4 Å². The van der Waals surface area contributed by atoms with Crippen LogP contribution in [-0.2, 0) is 23.7 Å². The zero-order valence-corrected chi connectivity index (χ0v) is 16.7. The maximum Gasteiger partial charge on any atom is 0.417 e. The number of rotatable bonds is 3. The van der Waals surface area contributed by atoms with Crippen molar-refractivity contribution < 1.29 is 35.9 Å². The molecule has 0 aliphatic carbocycles. The van der Waals surface area contributed by atoms with Gasteiger partial charge in [-0.05, 0) is 49.7 Å². The fourth-order valence-electron chi connectivity index (χ4n) is 3.31. The molecule has 168 valence electrons. The van der Waals surface area contributed by atoms with E-state index in [4.69, 9.17) is 5.26 Å². The average Bonchev–Trinajstić information content (AvgIpc) is 2.86. The van der Waals surface area contributed by atoms with Crippen LogP contribution < -0.4 is 4.90 Å². The Balaban J connectivity index is 1.96. The highest BCUT2D eigenvalue weighted by molar-refractivity contribution is 6.23. The Morgan fingerprint density at radius 2 is 1.53 bits per heavy atom. The number of nitrogens with zero attached hydrogens (tertiary/aromatic N) is 3. The van der Waals surface area contributed by atoms with Crippen molar-refractivity contribution in [2.45, 2.75) is 38.3 Å². The van der Waals surface area contributed by atoms with E-state index < -0.39 is 46.5 Å². The van der Waals surface area contributed by atoms with Crippen LogP contribution in [0.15, 0.2) is 42.5 Å². The third kappa shape index (κ3) is 4.00. The zero-order chi connectivity index (χ0) is 24.1. The number of imide groups is 1. The monoisotopic (exact) mass is 455 g/mol. The van der Waals surface area contributed by atoms with E-state index in [9.17, 15) is 35.9 Å². The van der Waals surface area contributed by atoms with Crippen molar-refractivity contribution in [1.29, 1.82) is 5.26 Å². The van der Waals surface area contributed by atoms with E-state index >= 15 is 0 Å². The van der Waals surface area contributed by atoms with Crippen molar-refractivity contribution in [3.63, 3.8) is 0 Å². The summed E-state index contributed by atoms with van der Waals surface area (Å²) < 4.78 is 78.2. The van der Waals surface area contributed by atoms with Gasteiger partial charge in [0, 0.05) is 6.54 Å². The number of hydrogen-bond donors (Lipinski definition) is 0. The smallest absolute Gasteiger partial charge is 0.305 e. The molecule has 0 N–H and O–H groups in total. The van der Waals surface area contributed by atoms with E-state index in [1.165, 1.54) is 19.9 Å². The van der Waals surface area contributed by atoms with Crippen molar-refractivity contribution in [2.24, 2.45) is 0 Å². The van der Waals surface area contributed by atoms with Gasteiger partial charge in [-0.15, -0.1) is 0 Å². The number of urea groups is 1. The molecule has 0 atom stereocenters. The summed E-state index contributed by atoms with van der Waals surface area (Å²) in [5.41, 5.74) is -4.40. The molecule has 1 saturated heterocycles. The lowest BCUT2D eigenvalue weighted by Gasteiger charge is -2.27. The van der Waals surface area contributed by atoms with Crippen LogP contribution in [0.5, 0.6) is 0 Å². The fourth-order valence-corrected chi connectivity index (χ4v) is 3.31. The lowest BCUT2D eigenvalue weighted by Crippen LogP contribution is -2.43. The Bertz CT molecular complexity index is 1110. The third-order valence-electron chi connectivity index (χ3n) is 5.13. The van der Waals surface area contributed by atoms with E-state index in [2.05, 4.69) is 0 Å². The lowest BCUT2D eigenvalue weighted by atomic mass is 10.0. The summed E-state index contributed by atoms with van der Waals surface area (Å²) in [7, 11) is 0. The third-order valence-corrected chi connectivity index (χ3v) is 5.13. The van der Waals surface area contributed by atoms with Crippen molar-refractivity contribution in [1.82, 2.24) is 4.90 Å². The minimum atomic E-state index is -4.89. The summed E-state index contributed by atoms with van der Waals surface area (Å²) in [5.74, 6) is -0.813. The molecule has 0 radical (unpaired) electrons. The van der Waals surface area contributed by atoms with Gasteiger partial charge in [0.15, 0.2) is 0 Å². The average molecular weight is 455 g/mol. The Labute approximate surface area is 178 Å². The SMILES string of the molecule is CC1(C)C(=O)N(c2ccc(C#N)c(C(F)(F)F)c2)C(=O)N1Cc1ccc(C(F)(F)F)cc1. The molecule has 2 aromatic carbocycles. The molecule has 1 aliphatic heterocycles. The van der Waals surface area contributed by atoms with E-state index in [-0.39, 0.29) is 12.2 Å². The first-order valence-corrected chi connectivity index (χ1v) is 9.11. The number of anilines is 1. The highest BCUT2D eigenvalue weighted by Gasteiger charge is 2.52. The number of alkyl halides is 6. The number of halogens is 6. The van der Waals surface area contributed by atoms with E-state index in [1.807, 2.05) is 0 Å². The molecule has 0 aromatic heterocycles. The zero-order valence-electron chi connectivity index (χ0n) is 16.7. The van der Waals surface area contributed by atoms with Crippen LogP contribution in [0.4, 0.5) is 36.8 Å². The molecule has 0 saturated carbocycles. The van der Waals surface area contributed by atoms with E-state index in [0.29, 0.717) is 16.5 Å². The second kappa shape index (κ2) is 7.55. The molecule has 32 heavy (non-hydrogen) atoms. The van der Waals surface area contributed by atoms with Gasteiger partial charge in [-0.25, -0.2) is 9.69 Å². The molecule has 1 aliphatic rings. The first-order chi connectivity index (χ1) is 14.7. The summed E-state index contributed by atoms with van der Waals surface area (Å²) in [6, 6.07) is 6.93. The van der Waals surface area contributed by atoms with E-state index in [0.717, 1.165) is 41.3 Å². The van der Waals surface area contributed by atoms with Gasteiger partial charge in [-0.3, -0.25) is 4.79 Å². The van der Waals surface area contributed by atoms with Gasteiger partial charge >= 0.3 is 18.4 Å². The van der Waals surface area contributed by atoms with Crippen LogP contribution in [-0.4, -0.2) is 22.4 Å².